The van der Waals surface area contributed by atoms with Crippen LogP contribution in [0.15, 0.2) is 42.5 Å². The van der Waals surface area contributed by atoms with Crippen LogP contribution in [0, 0.1) is 11.3 Å². The highest BCUT2D eigenvalue weighted by Gasteiger charge is 2.23. The minimum absolute atomic E-state index is 0.377. The standard InChI is InChI=1S/C26H36ClN5/c1-5-29(3)12-13-30(4)26-11-8-23(19-28)24(18-26)20-31-14-16-32(17-15-31)21(2)22-6-9-25(27)10-7-22/h6-11,18,21H,5,12-17,20H2,1-4H3. The molecule has 1 heterocycles. The Bertz CT molecular complexity index is 899. The first kappa shape index (κ1) is 24.5. The van der Waals surface area contributed by atoms with Gasteiger partial charge in [-0.2, -0.15) is 5.26 Å². The van der Waals surface area contributed by atoms with Crippen molar-refractivity contribution in [2.45, 2.75) is 26.4 Å². The molecule has 6 heteroatoms. The van der Waals surface area contributed by atoms with Gasteiger partial charge in [-0.15, -0.1) is 0 Å². The van der Waals surface area contributed by atoms with Crippen LogP contribution in [0.5, 0.6) is 0 Å². The van der Waals surface area contributed by atoms with Crippen LogP contribution in [0.4, 0.5) is 5.69 Å². The van der Waals surface area contributed by atoms with E-state index in [1.54, 1.807) is 0 Å². The third kappa shape index (κ3) is 6.46. The van der Waals surface area contributed by atoms with Crippen molar-refractivity contribution < 1.29 is 0 Å². The Labute approximate surface area is 198 Å². The van der Waals surface area contributed by atoms with Crippen LogP contribution in [0.3, 0.4) is 0 Å². The second-order valence-corrected chi connectivity index (χ2v) is 9.25. The van der Waals surface area contributed by atoms with Gasteiger partial charge in [0.15, 0.2) is 0 Å². The number of piperazine rings is 1. The molecule has 2 aromatic rings. The lowest BCUT2D eigenvalue weighted by Gasteiger charge is -2.38. The maximum absolute atomic E-state index is 9.64. The molecule has 0 amide bonds. The summed E-state index contributed by atoms with van der Waals surface area (Å²) in [6.45, 7) is 12.4. The Hall–Kier alpha value is -2.10. The molecule has 172 valence electrons. The SMILES string of the molecule is CCN(C)CCN(C)c1ccc(C#N)c(CN2CCN(C(C)c3ccc(Cl)cc3)CC2)c1. The lowest BCUT2D eigenvalue weighted by atomic mass is 10.0. The normalized spacial score (nSPS) is 16.2. The van der Waals surface area contributed by atoms with Crippen molar-refractivity contribution in [3.05, 3.63) is 64.2 Å². The molecule has 0 radical (unpaired) electrons. The molecule has 0 saturated carbocycles. The van der Waals surface area contributed by atoms with Gasteiger partial charge in [-0.1, -0.05) is 30.7 Å². The van der Waals surface area contributed by atoms with Crippen molar-refractivity contribution in [3.8, 4) is 6.07 Å². The largest absolute Gasteiger partial charge is 0.373 e. The lowest BCUT2D eigenvalue weighted by Crippen LogP contribution is -2.46. The molecule has 32 heavy (non-hydrogen) atoms. The van der Waals surface area contributed by atoms with Gasteiger partial charge in [0, 0.05) is 69.6 Å². The molecule has 1 aliphatic heterocycles. The number of rotatable bonds is 9. The summed E-state index contributed by atoms with van der Waals surface area (Å²) in [6, 6.07) is 17.2. The molecule has 0 bridgehead atoms. The minimum Gasteiger partial charge on any atom is -0.373 e. The highest BCUT2D eigenvalue weighted by molar-refractivity contribution is 6.30. The summed E-state index contributed by atoms with van der Waals surface area (Å²) in [4.78, 5) is 9.59. The van der Waals surface area contributed by atoms with Crippen LogP contribution in [0.2, 0.25) is 5.02 Å². The fourth-order valence-corrected chi connectivity index (χ4v) is 4.29. The number of hydrogen-bond acceptors (Lipinski definition) is 5. The fraction of sp³-hybridized carbons (Fsp3) is 0.500. The topological polar surface area (TPSA) is 36.8 Å². The number of anilines is 1. The highest BCUT2D eigenvalue weighted by Crippen LogP contribution is 2.25. The van der Waals surface area contributed by atoms with E-state index in [0.29, 0.717) is 6.04 Å². The van der Waals surface area contributed by atoms with Crippen molar-refractivity contribution in [1.29, 1.82) is 5.26 Å². The number of nitriles is 1. The summed E-state index contributed by atoms with van der Waals surface area (Å²) in [6.07, 6.45) is 0. The smallest absolute Gasteiger partial charge is 0.0995 e. The fourth-order valence-electron chi connectivity index (χ4n) is 4.17. The van der Waals surface area contributed by atoms with E-state index in [9.17, 15) is 5.26 Å². The average molecular weight is 454 g/mol. The predicted molar refractivity (Wildman–Crippen MR) is 134 cm³/mol. The Kier molecular flexibility index (Phi) is 8.95. The van der Waals surface area contributed by atoms with Gasteiger partial charge in [0.25, 0.3) is 0 Å². The van der Waals surface area contributed by atoms with E-state index in [1.807, 2.05) is 18.2 Å². The van der Waals surface area contributed by atoms with E-state index in [2.05, 4.69) is 77.9 Å². The first-order chi connectivity index (χ1) is 15.4. The molecule has 2 aromatic carbocycles. The number of benzene rings is 2. The van der Waals surface area contributed by atoms with Gasteiger partial charge in [-0.3, -0.25) is 9.80 Å². The molecule has 1 aliphatic rings. The number of likely N-dealkylation sites (N-methyl/N-ethyl adjacent to an activating group) is 2. The zero-order valence-corrected chi connectivity index (χ0v) is 20.6. The van der Waals surface area contributed by atoms with Crippen molar-refractivity contribution in [2.75, 3.05) is 64.8 Å². The molecular weight excluding hydrogens is 418 g/mol. The molecule has 1 saturated heterocycles. The van der Waals surface area contributed by atoms with Crippen LogP contribution >= 0.6 is 11.6 Å². The van der Waals surface area contributed by atoms with Gasteiger partial charge in [0.05, 0.1) is 11.6 Å². The number of nitrogens with zero attached hydrogens (tertiary/aromatic N) is 5. The van der Waals surface area contributed by atoms with Gasteiger partial charge in [-0.25, -0.2) is 0 Å². The van der Waals surface area contributed by atoms with E-state index in [1.165, 1.54) is 11.3 Å². The highest BCUT2D eigenvalue weighted by atomic mass is 35.5. The molecule has 0 aromatic heterocycles. The van der Waals surface area contributed by atoms with Crippen molar-refractivity contribution in [1.82, 2.24) is 14.7 Å². The van der Waals surface area contributed by atoms with E-state index in [-0.39, 0.29) is 0 Å². The van der Waals surface area contributed by atoms with Crippen LogP contribution in [-0.2, 0) is 6.54 Å². The molecule has 3 rings (SSSR count). The summed E-state index contributed by atoms with van der Waals surface area (Å²) in [5, 5.41) is 10.4. The number of hydrogen-bond donors (Lipinski definition) is 0. The van der Waals surface area contributed by atoms with Crippen LogP contribution < -0.4 is 4.90 Å². The van der Waals surface area contributed by atoms with Crippen molar-refractivity contribution in [2.24, 2.45) is 0 Å². The summed E-state index contributed by atoms with van der Waals surface area (Å²) in [7, 11) is 4.27. The minimum atomic E-state index is 0.377. The summed E-state index contributed by atoms with van der Waals surface area (Å²) < 4.78 is 0. The second-order valence-electron chi connectivity index (χ2n) is 8.81. The van der Waals surface area contributed by atoms with Gasteiger partial charge >= 0.3 is 0 Å². The molecule has 0 spiro atoms. The first-order valence-corrected chi connectivity index (χ1v) is 11.9. The van der Waals surface area contributed by atoms with E-state index >= 15 is 0 Å². The maximum atomic E-state index is 9.64. The Morgan fingerprint density at radius 2 is 1.72 bits per heavy atom. The van der Waals surface area contributed by atoms with Crippen molar-refractivity contribution in [3.63, 3.8) is 0 Å². The lowest BCUT2D eigenvalue weighted by molar-refractivity contribution is 0.0978. The van der Waals surface area contributed by atoms with E-state index in [4.69, 9.17) is 11.6 Å². The summed E-state index contributed by atoms with van der Waals surface area (Å²) >= 11 is 6.04. The molecule has 1 atom stereocenters. The predicted octanol–water partition coefficient (Wildman–Crippen LogP) is 4.48. The molecule has 1 unspecified atom stereocenters. The van der Waals surface area contributed by atoms with E-state index in [0.717, 1.165) is 68.5 Å². The zero-order valence-electron chi connectivity index (χ0n) is 19.9. The van der Waals surface area contributed by atoms with Gasteiger partial charge in [-0.05, 0) is 62.0 Å². The summed E-state index contributed by atoms with van der Waals surface area (Å²) in [5.41, 5.74) is 4.39. The van der Waals surface area contributed by atoms with Gasteiger partial charge < -0.3 is 9.80 Å². The third-order valence-electron chi connectivity index (χ3n) is 6.71. The monoisotopic (exact) mass is 453 g/mol. The van der Waals surface area contributed by atoms with E-state index < -0.39 is 0 Å². The molecule has 5 nitrogen and oxygen atoms in total. The second kappa shape index (κ2) is 11.7. The Balaban J connectivity index is 1.60. The summed E-state index contributed by atoms with van der Waals surface area (Å²) in [5.74, 6) is 0. The molecule has 0 N–H and O–H groups in total. The number of halogens is 1. The zero-order chi connectivity index (χ0) is 23.1. The van der Waals surface area contributed by atoms with Gasteiger partial charge in [0.1, 0.15) is 0 Å². The molecule has 0 aliphatic carbocycles. The van der Waals surface area contributed by atoms with Crippen LogP contribution in [0.1, 0.15) is 36.6 Å². The van der Waals surface area contributed by atoms with Crippen LogP contribution in [-0.4, -0.2) is 74.6 Å². The Morgan fingerprint density at radius 1 is 1.03 bits per heavy atom. The Morgan fingerprint density at radius 3 is 2.34 bits per heavy atom. The average Bonchev–Trinajstić information content (AvgIpc) is 2.82. The molecule has 1 fully saturated rings. The van der Waals surface area contributed by atoms with Crippen molar-refractivity contribution >= 4 is 17.3 Å². The van der Waals surface area contributed by atoms with Gasteiger partial charge in [0.2, 0.25) is 0 Å². The van der Waals surface area contributed by atoms with Crippen LogP contribution in [0.25, 0.3) is 0 Å². The quantitative estimate of drug-likeness (QED) is 0.559. The first-order valence-electron chi connectivity index (χ1n) is 11.6. The third-order valence-corrected chi connectivity index (χ3v) is 6.96. The molecular formula is C26H36ClN5. The maximum Gasteiger partial charge on any atom is 0.0995 e.